The van der Waals surface area contributed by atoms with Gasteiger partial charge in [0, 0.05) is 18.6 Å². The van der Waals surface area contributed by atoms with Crippen molar-refractivity contribution < 1.29 is 15.0 Å². The van der Waals surface area contributed by atoms with Crippen molar-refractivity contribution in [1.82, 2.24) is 4.57 Å². The number of hydrogen-bond acceptors (Lipinski definition) is 2. The van der Waals surface area contributed by atoms with Gasteiger partial charge in [0.15, 0.2) is 0 Å². The van der Waals surface area contributed by atoms with Gasteiger partial charge in [-0.25, -0.2) is 4.79 Å². The molecule has 0 atom stereocenters. The highest BCUT2D eigenvalue weighted by Crippen LogP contribution is 2.30. The first-order chi connectivity index (χ1) is 8.45. The number of carboxylic acid groups (broad SMARTS) is 1. The van der Waals surface area contributed by atoms with Crippen LogP contribution < -0.4 is 0 Å². The molecule has 0 spiro atoms. The second-order valence-corrected chi connectivity index (χ2v) is 4.85. The smallest absolute Gasteiger partial charge is 0.337 e. The van der Waals surface area contributed by atoms with E-state index < -0.39 is 5.97 Å². The molecule has 1 heterocycles. The number of aromatic carboxylic acids is 1. The van der Waals surface area contributed by atoms with E-state index in [-0.39, 0.29) is 18.1 Å². The van der Waals surface area contributed by atoms with Gasteiger partial charge in [-0.3, -0.25) is 0 Å². The van der Waals surface area contributed by atoms with Gasteiger partial charge in [-0.2, -0.15) is 0 Å². The molecule has 2 aromatic rings. The van der Waals surface area contributed by atoms with Gasteiger partial charge in [0.05, 0.1) is 17.7 Å². The van der Waals surface area contributed by atoms with Crippen molar-refractivity contribution in [3.8, 4) is 0 Å². The molecule has 18 heavy (non-hydrogen) atoms. The Hall–Kier alpha value is -1.81. The molecule has 1 aromatic carbocycles. The zero-order chi connectivity index (χ0) is 13.4. The number of benzene rings is 1. The Bertz CT molecular complexity index is 611. The lowest BCUT2D eigenvalue weighted by atomic mass is 9.96. The third-order valence-corrected chi connectivity index (χ3v) is 3.20. The van der Waals surface area contributed by atoms with Crippen molar-refractivity contribution in [2.24, 2.45) is 7.05 Å². The summed E-state index contributed by atoms with van der Waals surface area (Å²) in [5, 5.41) is 19.2. The topological polar surface area (TPSA) is 62.5 Å². The average Bonchev–Trinajstić information content (AvgIpc) is 2.65. The highest BCUT2D eigenvalue weighted by Gasteiger charge is 2.17. The fraction of sp³-hybridized carbons (Fsp3) is 0.357. The number of hydrogen-bond donors (Lipinski definition) is 2. The molecule has 4 nitrogen and oxygen atoms in total. The van der Waals surface area contributed by atoms with Crippen molar-refractivity contribution in [3.63, 3.8) is 0 Å². The number of fused-ring (bicyclic) bond motifs is 1. The van der Waals surface area contributed by atoms with E-state index in [1.165, 1.54) is 0 Å². The van der Waals surface area contributed by atoms with Crippen LogP contribution in [0.5, 0.6) is 0 Å². The van der Waals surface area contributed by atoms with Gasteiger partial charge >= 0.3 is 5.97 Å². The molecule has 2 N–H and O–H groups in total. The van der Waals surface area contributed by atoms with E-state index in [1.807, 2.05) is 17.7 Å². The molecule has 2 rings (SSSR count). The van der Waals surface area contributed by atoms with Crippen LogP contribution in [0, 0.1) is 0 Å². The summed E-state index contributed by atoms with van der Waals surface area (Å²) in [6.07, 6.45) is 1.63. The van der Waals surface area contributed by atoms with E-state index in [0.29, 0.717) is 5.39 Å². The van der Waals surface area contributed by atoms with Gasteiger partial charge in [0.2, 0.25) is 0 Å². The van der Waals surface area contributed by atoms with E-state index in [4.69, 9.17) is 0 Å². The summed E-state index contributed by atoms with van der Waals surface area (Å²) in [4.78, 5) is 11.2. The number of aliphatic hydroxyl groups is 1. The average molecular weight is 247 g/mol. The Kier molecular flexibility index (Phi) is 3.13. The highest BCUT2D eigenvalue weighted by molar-refractivity contribution is 6.04. The number of aliphatic hydroxyl groups excluding tert-OH is 1. The van der Waals surface area contributed by atoms with E-state index >= 15 is 0 Å². The van der Waals surface area contributed by atoms with Crippen LogP contribution in [0.2, 0.25) is 0 Å². The second kappa shape index (κ2) is 4.46. The number of carbonyl (C=O) groups is 1. The Labute approximate surface area is 105 Å². The third kappa shape index (κ3) is 1.88. The van der Waals surface area contributed by atoms with Gasteiger partial charge < -0.3 is 14.8 Å². The largest absolute Gasteiger partial charge is 0.478 e. The third-order valence-electron chi connectivity index (χ3n) is 3.20. The molecule has 0 bridgehead atoms. The van der Waals surface area contributed by atoms with Gasteiger partial charge in [0.25, 0.3) is 0 Å². The minimum Gasteiger partial charge on any atom is -0.478 e. The van der Waals surface area contributed by atoms with Gasteiger partial charge in [0.1, 0.15) is 0 Å². The predicted octanol–water partition coefficient (Wildman–Crippen LogP) is 2.49. The minimum absolute atomic E-state index is 0.0797. The lowest BCUT2D eigenvalue weighted by Crippen LogP contribution is -1.97. The molecule has 0 fully saturated rings. The fourth-order valence-electron chi connectivity index (χ4n) is 2.35. The van der Waals surface area contributed by atoms with Crippen LogP contribution in [0.4, 0.5) is 0 Å². The zero-order valence-electron chi connectivity index (χ0n) is 10.8. The Morgan fingerprint density at radius 1 is 1.39 bits per heavy atom. The first-order valence-corrected chi connectivity index (χ1v) is 5.91. The van der Waals surface area contributed by atoms with Gasteiger partial charge in [-0.05, 0) is 23.1 Å². The number of aromatic nitrogens is 1. The molecular weight excluding hydrogens is 230 g/mol. The standard InChI is InChI=1S/C14H17NO3/c1-8(2)10-4-9(7-16)5-11-12(14(17)18)6-15(3)13(10)11/h4-6,8,16H,7H2,1-3H3,(H,17,18). The summed E-state index contributed by atoms with van der Waals surface area (Å²) >= 11 is 0. The van der Waals surface area contributed by atoms with E-state index in [1.54, 1.807) is 12.3 Å². The van der Waals surface area contributed by atoms with Crippen LogP contribution in [-0.2, 0) is 13.7 Å². The number of rotatable bonds is 3. The normalized spacial score (nSPS) is 11.4. The van der Waals surface area contributed by atoms with Crippen LogP contribution in [0.15, 0.2) is 18.3 Å². The molecular formula is C14H17NO3. The molecule has 4 heteroatoms. The van der Waals surface area contributed by atoms with Crippen molar-refractivity contribution in [1.29, 1.82) is 0 Å². The fourth-order valence-corrected chi connectivity index (χ4v) is 2.35. The maximum atomic E-state index is 11.2. The minimum atomic E-state index is -0.939. The maximum absolute atomic E-state index is 11.2. The molecule has 0 aliphatic rings. The van der Waals surface area contributed by atoms with E-state index in [2.05, 4.69) is 13.8 Å². The molecule has 0 amide bonds. The number of carboxylic acids is 1. The molecule has 0 saturated carbocycles. The quantitative estimate of drug-likeness (QED) is 0.876. The summed E-state index contributed by atoms with van der Waals surface area (Å²) in [5.41, 5.74) is 3.02. The first-order valence-electron chi connectivity index (χ1n) is 5.91. The molecule has 96 valence electrons. The second-order valence-electron chi connectivity index (χ2n) is 4.85. The summed E-state index contributed by atoms with van der Waals surface area (Å²) < 4.78 is 1.84. The molecule has 0 aliphatic carbocycles. The summed E-state index contributed by atoms with van der Waals surface area (Å²) in [6.45, 7) is 4.04. The van der Waals surface area contributed by atoms with E-state index in [9.17, 15) is 15.0 Å². The monoisotopic (exact) mass is 247 g/mol. The summed E-state index contributed by atoms with van der Waals surface area (Å²) in [6, 6.07) is 3.70. The molecule has 0 saturated heterocycles. The molecule has 1 aromatic heterocycles. The zero-order valence-corrected chi connectivity index (χ0v) is 10.8. The number of nitrogens with zero attached hydrogens (tertiary/aromatic N) is 1. The molecule has 0 radical (unpaired) electrons. The summed E-state index contributed by atoms with van der Waals surface area (Å²) in [5.74, 6) is -0.667. The van der Waals surface area contributed by atoms with Crippen molar-refractivity contribution >= 4 is 16.9 Å². The Morgan fingerprint density at radius 2 is 2.06 bits per heavy atom. The van der Waals surface area contributed by atoms with Crippen LogP contribution in [0.25, 0.3) is 10.9 Å². The first kappa shape index (κ1) is 12.6. The molecule has 0 aliphatic heterocycles. The van der Waals surface area contributed by atoms with Crippen LogP contribution >= 0.6 is 0 Å². The predicted molar refractivity (Wildman–Crippen MR) is 69.9 cm³/mol. The maximum Gasteiger partial charge on any atom is 0.337 e. The Balaban J connectivity index is 2.88. The van der Waals surface area contributed by atoms with Crippen molar-refractivity contribution in [2.45, 2.75) is 26.4 Å². The highest BCUT2D eigenvalue weighted by atomic mass is 16.4. The number of aryl methyl sites for hydroxylation is 1. The van der Waals surface area contributed by atoms with Crippen LogP contribution in [0.3, 0.4) is 0 Å². The summed E-state index contributed by atoms with van der Waals surface area (Å²) in [7, 11) is 1.85. The van der Waals surface area contributed by atoms with Gasteiger partial charge in [-0.15, -0.1) is 0 Å². The van der Waals surface area contributed by atoms with E-state index in [0.717, 1.165) is 16.6 Å². The lowest BCUT2D eigenvalue weighted by molar-refractivity contribution is 0.0699. The Morgan fingerprint density at radius 3 is 2.56 bits per heavy atom. The lowest BCUT2D eigenvalue weighted by Gasteiger charge is -2.11. The van der Waals surface area contributed by atoms with Crippen molar-refractivity contribution in [2.75, 3.05) is 0 Å². The van der Waals surface area contributed by atoms with Crippen molar-refractivity contribution in [3.05, 3.63) is 35.0 Å². The van der Waals surface area contributed by atoms with Gasteiger partial charge in [-0.1, -0.05) is 19.9 Å². The molecule has 0 unspecified atom stereocenters. The SMILES string of the molecule is CC(C)c1cc(CO)cc2c(C(=O)O)cn(C)c12. The van der Waals surface area contributed by atoms with Crippen LogP contribution in [-0.4, -0.2) is 20.7 Å². The van der Waals surface area contributed by atoms with Crippen LogP contribution in [0.1, 0.15) is 41.3 Å².